The molecule has 3 aromatic rings. The second-order valence-electron chi connectivity index (χ2n) is 7.17. The molecule has 28 heavy (non-hydrogen) atoms. The molecule has 1 atom stereocenters. The monoisotopic (exact) mass is 412 g/mol. The molecule has 4 rings (SSSR count). The van der Waals surface area contributed by atoms with Crippen molar-refractivity contribution in [3.8, 4) is 0 Å². The van der Waals surface area contributed by atoms with E-state index in [1.807, 2.05) is 36.9 Å². The molecule has 1 unspecified atom stereocenters. The molecule has 0 bridgehead atoms. The Balaban J connectivity index is 1.75. The third-order valence-electron chi connectivity index (χ3n) is 5.09. The zero-order valence-corrected chi connectivity index (χ0v) is 18.0. The second-order valence-corrected chi connectivity index (χ2v) is 9.03. The lowest BCUT2D eigenvalue weighted by atomic mass is 10.0. The van der Waals surface area contributed by atoms with E-state index in [-0.39, 0.29) is 12.0 Å². The van der Waals surface area contributed by atoms with Crippen molar-refractivity contribution in [3.05, 3.63) is 53.1 Å². The van der Waals surface area contributed by atoms with Crippen LogP contribution in [0.1, 0.15) is 34.3 Å². The molecule has 1 aliphatic heterocycles. The summed E-state index contributed by atoms with van der Waals surface area (Å²) in [4.78, 5) is 21.4. The number of carbonyl (C=O) groups excluding carboxylic acids is 1. The van der Waals surface area contributed by atoms with Gasteiger partial charge in [0.2, 0.25) is 0 Å². The summed E-state index contributed by atoms with van der Waals surface area (Å²) < 4.78 is 6.94. The predicted octanol–water partition coefficient (Wildman–Crippen LogP) is 5.46. The van der Waals surface area contributed by atoms with Crippen molar-refractivity contribution in [1.29, 1.82) is 0 Å². The smallest absolute Gasteiger partial charge is 0.260 e. The lowest BCUT2D eigenvalue weighted by Crippen LogP contribution is -2.37. The van der Waals surface area contributed by atoms with Crippen molar-refractivity contribution in [2.75, 3.05) is 24.3 Å². The van der Waals surface area contributed by atoms with Gasteiger partial charge in [-0.25, -0.2) is 4.98 Å². The Kier molecular flexibility index (Phi) is 5.71. The molecular weight excluding hydrogens is 388 g/mol. The molecule has 1 fully saturated rings. The van der Waals surface area contributed by atoms with Crippen LogP contribution < -0.4 is 4.90 Å². The van der Waals surface area contributed by atoms with E-state index < -0.39 is 0 Å². The van der Waals surface area contributed by atoms with E-state index in [4.69, 9.17) is 9.72 Å². The number of aromatic nitrogens is 1. The van der Waals surface area contributed by atoms with Crippen LogP contribution in [0.4, 0.5) is 5.13 Å². The molecule has 6 heteroatoms. The molecule has 2 heterocycles. The van der Waals surface area contributed by atoms with E-state index in [1.165, 1.54) is 0 Å². The number of hydrogen-bond donors (Lipinski definition) is 0. The van der Waals surface area contributed by atoms with Gasteiger partial charge in [-0.1, -0.05) is 35.1 Å². The number of thioether (sulfide) groups is 1. The van der Waals surface area contributed by atoms with Crippen LogP contribution in [0.3, 0.4) is 0 Å². The summed E-state index contributed by atoms with van der Waals surface area (Å²) in [5.41, 5.74) is 3.85. The van der Waals surface area contributed by atoms with Gasteiger partial charge in [-0.15, -0.1) is 11.8 Å². The molecule has 4 nitrogen and oxygen atoms in total. The van der Waals surface area contributed by atoms with Crippen molar-refractivity contribution in [2.24, 2.45) is 0 Å². The average Bonchev–Trinajstić information content (AvgIpc) is 3.34. The molecule has 1 saturated heterocycles. The predicted molar refractivity (Wildman–Crippen MR) is 118 cm³/mol. The number of ether oxygens (including phenoxy) is 1. The van der Waals surface area contributed by atoms with Gasteiger partial charge < -0.3 is 4.74 Å². The van der Waals surface area contributed by atoms with Gasteiger partial charge in [0.25, 0.3) is 5.91 Å². The third kappa shape index (κ3) is 3.81. The molecule has 0 radical (unpaired) electrons. The van der Waals surface area contributed by atoms with Gasteiger partial charge in [0, 0.05) is 17.1 Å². The molecule has 1 aliphatic rings. The van der Waals surface area contributed by atoms with Crippen LogP contribution >= 0.6 is 23.1 Å². The molecule has 2 aromatic carbocycles. The first-order valence-corrected chi connectivity index (χ1v) is 11.5. The van der Waals surface area contributed by atoms with Crippen LogP contribution in [0.15, 0.2) is 41.3 Å². The molecule has 0 saturated carbocycles. The van der Waals surface area contributed by atoms with Gasteiger partial charge in [-0.05, 0) is 56.7 Å². The topological polar surface area (TPSA) is 42.4 Å². The maximum absolute atomic E-state index is 13.5. The summed E-state index contributed by atoms with van der Waals surface area (Å²) in [7, 11) is 0. The largest absolute Gasteiger partial charge is 0.376 e. The maximum Gasteiger partial charge on any atom is 0.260 e. The zero-order valence-electron chi connectivity index (χ0n) is 16.4. The Bertz CT molecular complexity index is 1010. The van der Waals surface area contributed by atoms with Crippen LogP contribution in [-0.2, 0) is 4.74 Å². The number of thiazole rings is 1. The fourth-order valence-electron chi connectivity index (χ4n) is 3.63. The van der Waals surface area contributed by atoms with Crippen molar-refractivity contribution >= 4 is 44.4 Å². The minimum absolute atomic E-state index is 0.00208. The number of anilines is 1. The summed E-state index contributed by atoms with van der Waals surface area (Å²) in [6, 6.07) is 12.2. The fourth-order valence-corrected chi connectivity index (χ4v) is 5.26. The summed E-state index contributed by atoms with van der Waals surface area (Å²) >= 11 is 3.26. The first-order valence-electron chi connectivity index (χ1n) is 9.51. The summed E-state index contributed by atoms with van der Waals surface area (Å²) in [6.45, 7) is 5.35. The zero-order chi connectivity index (χ0) is 19.7. The lowest BCUT2D eigenvalue weighted by molar-refractivity contribution is 0.0917. The standard InChI is InChI=1S/C22H24N2O2S2/c1-14-9-10-17(15(2)12-14)21(25)24(13-16-6-5-11-26-16)22-23-20-18(27-3)7-4-8-19(20)28-22/h4,7-10,12,16H,5-6,11,13H2,1-3H3. The summed E-state index contributed by atoms with van der Waals surface area (Å²) in [6.07, 6.45) is 4.16. The van der Waals surface area contributed by atoms with Gasteiger partial charge in [-0.3, -0.25) is 9.69 Å². The third-order valence-corrected chi connectivity index (χ3v) is 6.90. The van der Waals surface area contributed by atoms with E-state index in [0.29, 0.717) is 6.54 Å². The van der Waals surface area contributed by atoms with Crippen LogP contribution in [0.25, 0.3) is 10.2 Å². The lowest BCUT2D eigenvalue weighted by Gasteiger charge is -2.24. The van der Waals surface area contributed by atoms with Crippen LogP contribution in [-0.4, -0.2) is 36.4 Å². The second kappa shape index (κ2) is 8.23. The first kappa shape index (κ1) is 19.4. The Hall–Kier alpha value is -1.89. The number of hydrogen-bond acceptors (Lipinski definition) is 5. The first-order chi connectivity index (χ1) is 13.6. The highest BCUT2D eigenvalue weighted by Gasteiger charge is 2.28. The van der Waals surface area contributed by atoms with E-state index >= 15 is 0 Å². The summed E-state index contributed by atoms with van der Waals surface area (Å²) in [5.74, 6) is -0.00208. The number of para-hydroxylation sites is 1. The summed E-state index contributed by atoms with van der Waals surface area (Å²) in [5, 5.41) is 0.747. The molecular formula is C22H24N2O2S2. The molecule has 146 valence electrons. The van der Waals surface area contributed by atoms with Crippen molar-refractivity contribution in [2.45, 2.75) is 37.7 Å². The molecule has 0 aliphatic carbocycles. The maximum atomic E-state index is 13.5. The Labute approximate surface area is 173 Å². The van der Waals surface area contributed by atoms with Crippen LogP contribution in [0.5, 0.6) is 0 Å². The minimum Gasteiger partial charge on any atom is -0.376 e. The highest BCUT2D eigenvalue weighted by Crippen LogP contribution is 2.35. The number of nitrogens with zero attached hydrogens (tertiary/aromatic N) is 2. The van der Waals surface area contributed by atoms with Gasteiger partial charge in [0.05, 0.1) is 22.9 Å². The SMILES string of the molecule is CSc1cccc2sc(N(CC3CCCO3)C(=O)c3ccc(C)cc3C)nc12. The highest BCUT2D eigenvalue weighted by molar-refractivity contribution is 7.98. The van der Waals surface area contributed by atoms with Gasteiger partial charge in [0.15, 0.2) is 5.13 Å². The van der Waals surface area contributed by atoms with E-state index in [2.05, 4.69) is 24.5 Å². The fraction of sp³-hybridized carbons (Fsp3) is 0.364. The number of benzene rings is 2. The van der Waals surface area contributed by atoms with Crippen molar-refractivity contribution in [3.63, 3.8) is 0 Å². The number of carbonyl (C=O) groups is 1. The average molecular weight is 413 g/mol. The number of aryl methyl sites for hydroxylation is 2. The molecule has 1 aromatic heterocycles. The Morgan fingerprint density at radius 1 is 1.32 bits per heavy atom. The van der Waals surface area contributed by atoms with Crippen LogP contribution in [0.2, 0.25) is 0 Å². The van der Waals surface area contributed by atoms with Gasteiger partial charge in [-0.2, -0.15) is 0 Å². The van der Waals surface area contributed by atoms with Gasteiger partial charge >= 0.3 is 0 Å². The number of fused-ring (bicyclic) bond motifs is 1. The van der Waals surface area contributed by atoms with E-state index in [0.717, 1.165) is 56.4 Å². The van der Waals surface area contributed by atoms with Crippen LogP contribution in [0, 0.1) is 13.8 Å². The molecule has 0 spiro atoms. The van der Waals surface area contributed by atoms with E-state index in [9.17, 15) is 4.79 Å². The Morgan fingerprint density at radius 2 is 2.18 bits per heavy atom. The minimum atomic E-state index is -0.00208. The normalized spacial score (nSPS) is 16.6. The number of rotatable bonds is 5. The Morgan fingerprint density at radius 3 is 2.89 bits per heavy atom. The van der Waals surface area contributed by atoms with Crippen molar-refractivity contribution < 1.29 is 9.53 Å². The number of amides is 1. The van der Waals surface area contributed by atoms with Gasteiger partial charge in [0.1, 0.15) is 0 Å². The molecule has 0 N–H and O–H groups in total. The van der Waals surface area contributed by atoms with E-state index in [1.54, 1.807) is 23.1 Å². The highest BCUT2D eigenvalue weighted by atomic mass is 32.2. The molecule has 1 amide bonds. The van der Waals surface area contributed by atoms with Crippen molar-refractivity contribution in [1.82, 2.24) is 4.98 Å². The quantitative estimate of drug-likeness (QED) is 0.522.